The number of benzene rings is 2. The Morgan fingerprint density at radius 1 is 0.829 bits per heavy atom. The summed E-state index contributed by atoms with van der Waals surface area (Å²) in [5.74, 6) is -0.303. The number of nitrogens with zero attached hydrogens (tertiary/aromatic N) is 1. The maximum Gasteiger partial charge on any atom is 0.333 e. The quantitative estimate of drug-likeness (QED) is 0.201. The van der Waals surface area contributed by atoms with Crippen molar-refractivity contribution in [1.29, 1.82) is 0 Å². The molecular weight excluding hydrogens is 462 g/mol. The van der Waals surface area contributed by atoms with E-state index in [4.69, 9.17) is 21.4 Å². The minimum Gasteiger partial charge on any atom is -0.462 e. The molecule has 0 aliphatic heterocycles. The van der Waals surface area contributed by atoms with E-state index in [1.54, 1.807) is 13.8 Å². The van der Waals surface area contributed by atoms with Crippen LogP contribution in [0, 0.1) is 0 Å². The average Bonchev–Trinajstić information content (AvgIpc) is 2.82. The second-order valence-electron chi connectivity index (χ2n) is 8.21. The van der Waals surface area contributed by atoms with E-state index in [9.17, 15) is 9.59 Å². The second-order valence-corrected chi connectivity index (χ2v) is 8.56. The Hall–Kier alpha value is -2.73. The number of aliphatic hydroxyl groups excluding tert-OH is 1. The second kappa shape index (κ2) is 23.0. The lowest BCUT2D eigenvalue weighted by molar-refractivity contribution is -0.139. The number of esters is 1. The largest absolute Gasteiger partial charge is 0.462 e. The van der Waals surface area contributed by atoms with Gasteiger partial charge in [0.1, 0.15) is 0 Å². The lowest BCUT2D eigenvalue weighted by atomic mass is 10.1. The molecule has 0 aromatic heterocycles. The number of carbonyl (C=O) groups excluding carboxylic acids is 2. The van der Waals surface area contributed by atoms with Crippen LogP contribution in [-0.2, 0) is 27.2 Å². The minimum absolute atomic E-state index is 0.287. The molecule has 194 valence electrons. The molecule has 0 unspecified atom stereocenters. The summed E-state index contributed by atoms with van der Waals surface area (Å²) in [5, 5.41) is 8.06. The van der Waals surface area contributed by atoms with Crippen molar-refractivity contribution in [2.75, 3.05) is 34.4 Å². The first-order valence-corrected chi connectivity index (χ1v) is 11.9. The van der Waals surface area contributed by atoms with Crippen molar-refractivity contribution in [2.45, 2.75) is 39.5 Å². The first-order valence-electron chi connectivity index (χ1n) is 11.5. The van der Waals surface area contributed by atoms with Gasteiger partial charge < -0.3 is 14.7 Å². The molecule has 2 rings (SSSR count). The molecule has 0 aliphatic carbocycles. The molecule has 0 saturated carbocycles. The van der Waals surface area contributed by atoms with Crippen LogP contribution >= 0.6 is 11.6 Å². The van der Waals surface area contributed by atoms with Gasteiger partial charge in [-0.15, -0.1) is 0 Å². The number of halogens is 1. The van der Waals surface area contributed by atoms with Crippen molar-refractivity contribution in [1.82, 2.24) is 4.90 Å². The molecular formula is C29H42ClNO4. The first-order chi connectivity index (χ1) is 16.5. The lowest BCUT2D eigenvalue weighted by Crippen LogP contribution is -2.06. The molecule has 0 bridgehead atoms. The van der Waals surface area contributed by atoms with Gasteiger partial charge in [-0.1, -0.05) is 73.8 Å². The number of ether oxygens (including phenoxy) is 1. The smallest absolute Gasteiger partial charge is 0.333 e. The monoisotopic (exact) mass is 503 g/mol. The minimum atomic E-state index is -0.463. The van der Waals surface area contributed by atoms with Crippen molar-refractivity contribution in [2.24, 2.45) is 0 Å². The van der Waals surface area contributed by atoms with Gasteiger partial charge >= 0.3 is 5.97 Å². The number of aliphatic hydroxyl groups is 1. The first kappa shape index (κ1) is 34.4. The third-order valence-electron chi connectivity index (χ3n) is 3.84. The van der Waals surface area contributed by atoms with E-state index in [2.05, 4.69) is 37.4 Å². The van der Waals surface area contributed by atoms with Crippen molar-refractivity contribution in [3.8, 4) is 0 Å². The molecule has 0 amide bonds. The van der Waals surface area contributed by atoms with Crippen LogP contribution in [0.25, 0.3) is 0 Å². The number of hydrogen-bond donors (Lipinski definition) is 1. The topological polar surface area (TPSA) is 66.8 Å². The van der Waals surface area contributed by atoms with E-state index in [0.717, 1.165) is 25.7 Å². The lowest BCUT2D eigenvalue weighted by Gasteiger charge is -2.04. The highest BCUT2D eigenvalue weighted by Gasteiger charge is 2.01. The molecule has 0 saturated heterocycles. The normalized spacial score (nSPS) is 9.26. The molecule has 0 aliphatic rings. The van der Waals surface area contributed by atoms with Gasteiger partial charge in [-0.2, -0.15) is 0 Å². The van der Waals surface area contributed by atoms with Gasteiger partial charge in [-0.3, -0.25) is 4.79 Å². The molecule has 2 aromatic carbocycles. The zero-order chi connectivity index (χ0) is 27.1. The van der Waals surface area contributed by atoms with E-state index in [1.165, 1.54) is 11.1 Å². The summed E-state index contributed by atoms with van der Waals surface area (Å²) in [6.07, 6.45) is 3.63. The fourth-order valence-electron chi connectivity index (χ4n) is 2.14. The van der Waals surface area contributed by atoms with Crippen molar-refractivity contribution >= 4 is 22.8 Å². The van der Waals surface area contributed by atoms with Crippen LogP contribution in [0.5, 0.6) is 0 Å². The summed E-state index contributed by atoms with van der Waals surface area (Å²) < 4.78 is 4.99. The van der Waals surface area contributed by atoms with E-state index < -0.39 is 5.24 Å². The van der Waals surface area contributed by atoms with Crippen LogP contribution in [0.2, 0.25) is 0 Å². The molecule has 0 radical (unpaired) electrons. The van der Waals surface area contributed by atoms with E-state index in [1.807, 2.05) is 62.4 Å². The molecule has 35 heavy (non-hydrogen) atoms. The average molecular weight is 504 g/mol. The predicted molar refractivity (Wildman–Crippen MR) is 148 cm³/mol. The van der Waals surface area contributed by atoms with Gasteiger partial charge in [0.15, 0.2) is 0 Å². The Balaban J connectivity index is 0. The molecule has 5 nitrogen and oxygen atoms in total. The summed E-state index contributed by atoms with van der Waals surface area (Å²) in [6, 6.07) is 20.4. The van der Waals surface area contributed by atoms with Gasteiger partial charge in [0.05, 0.1) is 6.61 Å². The number of allylic oxidation sites excluding steroid dienone is 1. The third kappa shape index (κ3) is 25.7. The number of rotatable bonds is 9. The Kier molecular flexibility index (Phi) is 22.7. The summed E-state index contributed by atoms with van der Waals surface area (Å²) in [6.45, 7) is 10.8. The van der Waals surface area contributed by atoms with E-state index in [-0.39, 0.29) is 12.6 Å². The standard InChI is InChI=1S/C13H16O2.C9H12O.C4H5ClO.C3H9N/c1-11(2)13(14)15-10-6-9-12-7-4-3-5-8-12;10-8-4-7-9-5-2-1-3-6-9;1-3(2)4(5)6;1-4(2)3/h3-5,7-8H,1,6,9-10H2,2H3;1-3,5-6,10H,4,7-8H2;1H2,2H3;1-3H3. The zero-order valence-corrected chi connectivity index (χ0v) is 22.7. The SMILES string of the molecule is C=C(C)C(=O)Cl.C=C(C)C(=O)OCCCc1ccccc1.CN(C)C.OCCCc1ccccc1. The molecule has 0 atom stereocenters. The summed E-state index contributed by atoms with van der Waals surface area (Å²) >= 11 is 4.87. The van der Waals surface area contributed by atoms with Crippen LogP contribution < -0.4 is 0 Å². The van der Waals surface area contributed by atoms with E-state index >= 15 is 0 Å². The van der Waals surface area contributed by atoms with Crippen molar-refractivity contribution in [3.63, 3.8) is 0 Å². The van der Waals surface area contributed by atoms with Crippen molar-refractivity contribution < 1.29 is 19.4 Å². The maximum absolute atomic E-state index is 11.0. The Bertz CT molecular complexity index is 822. The van der Waals surface area contributed by atoms with Crippen LogP contribution in [-0.4, -0.2) is 55.6 Å². The van der Waals surface area contributed by atoms with Gasteiger partial charge in [-0.05, 0) is 83.4 Å². The van der Waals surface area contributed by atoms with Crippen LogP contribution in [0.1, 0.15) is 37.8 Å². The van der Waals surface area contributed by atoms with Gasteiger partial charge in [0.2, 0.25) is 5.24 Å². The molecule has 2 aromatic rings. The van der Waals surface area contributed by atoms with Gasteiger partial charge in [-0.25, -0.2) is 4.79 Å². The summed E-state index contributed by atoms with van der Waals surface area (Å²) in [4.78, 5) is 22.8. The molecule has 1 N–H and O–H groups in total. The van der Waals surface area contributed by atoms with Crippen molar-refractivity contribution in [3.05, 3.63) is 96.1 Å². The fourth-order valence-corrected chi connectivity index (χ4v) is 2.14. The summed E-state index contributed by atoms with van der Waals surface area (Å²) in [7, 11) is 6.00. The van der Waals surface area contributed by atoms with Gasteiger partial charge in [0.25, 0.3) is 0 Å². The highest BCUT2D eigenvalue weighted by Crippen LogP contribution is 2.03. The van der Waals surface area contributed by atoms with Crippen LogP contribution in [0.3, 0.4) is 0 Å². The third-order valence-corrected chi connectivity index (χ3v) is 4.16. The van der Waals surface area contributed by atoms with Gasteiger partial charge in [0, 0.05) is 17.8 Å². The Morgan fingerprint density at radius 3 is 1.51 bits per heavy atom. The maximum atomic E-state index is 11.0. The fraction of sp³-hybridized carbons (Fsp3) is 0.379. The Labute approximate surface area is 217 Å². The molecule has 0 heterocycles. The molecule has 6 heteroatoms. The summed E-state index contributed by atoms with van der Waals surface area (Å²) in [5.41, 5.74) is 3.41. The predicted octanol–water partition coefficient (Wildman–Crippen LogP) is 5.86. The van der Waals surface area contributed by atoms with Crippen LogP contribution in [0.4, 0.5) is 0 Å². The number of carbonyl (C=O) groups is 2. The number of aryl methyl sites for hydroxylation is 2. The van der Waals surface area contributed by atoms with Crippen LogP contribution in [0.15, 0.2) is 85.0 Å². The molecule has 0 spiro atoms. The zero-order valence-electron chi connectivity index (χ0n) is 21.9. The van der Waals surface area contributed by atoms with E-state index in [0.29, 0.717) is 17.8 Å². The number of hydrogen-bond acceptors (Lipinski definition) is 5. The highest BCUT2D eigenvalue weighted by molar-refractivity contribution is 6.67. The Morgan fingerprint density at radius 2 is 1.20 bits per heavy atom. The molecule has 0 fully saturated rings. The highest BCUT2D eigenvalue weighted by atomic mass is 35.5.